The number of aromatic nitrogens is 4. The molecule has 2 fully saturated rings. The molecule has 0 atom stereocenters. The average molecular weight is 515 g/mol. The van der Waals surface area contributed by atoms with Crippen molar-refractivity contribution in [3.8, 4) is 11.3 Å². The third-order valence-electron chi connectivity index (χ3n) is 8.35. The molecule has 2 aliphatic rings. The topological polar surface area (TPSA) is 78.8 Å². The lowest BCUT2D eigenvalue weighted by Crippen LogP contribution is -2.41. The second-order valence-corrected chi connectivity index (χ2v) is 11.2. The molecule has 4 aromatic rings. The molecule has 0 unspecified atom stereocenters. The van der Waals surface area contributed by atoms with Gasteiger partial charge in [0.05, 0.1) is 18.9 Å². The number of carbonyl (C=O) groups excluding carboxylic acids is 1. The molecule has 8 heteroatoms. The molecule has 1 N–H and O–H groups in total. The zero-order chi connectivity index (χ0) is 26.2. The zero-order valence-electron chi connectivity index (χ0n) is 22.7. The number of benzene rings is 1. The summed E-state index contributed by atoms with van der Waals surface area (Å²) in [6, 6.07) is 9.11. The first-order valence-corrected chi connectivity index (χ1v) is 14.0. The zero-order valence-corrected chi connectivity index (χ0v) is 22.7. The molecule has 1 aromatic carbocycles. The van der Waals surface area contributed by atoms with Crippen molar-refractivity contribution in [1.82, 2.24) is 29.4 Å². The molecule has 2 saturated heterocycles. The van der Waals surface area contributed by atoms with E-state index in [9.17, 15) is 4.79 Å². The number of carbonyl (C=O) groups is 1. The van der Waals surface area contributed by atoms with Crippen LogP contribution in [0.25, 0.3) is 27.8 Å². The van der Waals surface area contributed by atoms with Crippen molar-refractivity contribution < 1.29 is 9.53 Å². The van der Waals surface area contributed by atoms with Crippen molar-refractivity contribution in [2.24, 2.45) is 0 Å². The minimum Gasteiger partial charge on any atom is -0.379 e. The quantitative estimate of drug-likeness (QED) is 0.402. The molecule has 0 saturated carbocycles. The molecule has 38 heavy (non-hydrogen) atoms. The lowest BCUT2D eigenvalue weighted by molar-refractivity contribution is -0.132. The molecule has 0 aliphatic carbocycles. The minimum atomic E-state index is 0.294. The molecular weight excluding hydrogens is 476 g/mol. The molecule has 5 heterocycles. The van der Waals surface area contributed by atoms with Gasteiger partial charge in [-0.25, -0.2) is 9.50 Å². The number of ether oxygens (including phenoxy) is 1. The number of pyridine rings is 1. The van der Waals surface area contributed by atoms with Gasteiger partial charge in [-0.2, -0.15) is 5.10 Å². The molecule has 0 spiro atoms. The van der Waals surface area contributed by atoms with E-state index in [4.69, 9.17) is 4.74 Å². The van der Waals surface area contributed by atoms with Gasteiger partial charge in [-0.1, -0.05) is 19.9 Å². The van der Waals surface area contributed by atoms with Crippen LogP contribution in [-0.4, -0.2) is 81.2 Å². The fourth-order valence-corrected chi connectivity index (χ4v) is 6.24. The Morgan fingerprint density at radius 3 is 2.68 bits per heavy atom. The van der Waals surface area contributed by atoms with Crippen LogP contribution in [0.3, 0.4) is 0 Å². The van der Waals surface area contributed by atoms with Gasteiger partial charge in [-0.05, 0) is 66.5 Å². The van der Waals surface area contributed by atoms with Gasteiger partial charge in [0, 0.05) is 61.8 Å². The van der Waals surface area contributed by atoms with Crippen molar-refractivity contribution >= 4 is 22.5 Å². The number of nitrogens with zero attached hydrogens (tertiary/aromatic N) is 5. The van der Waals surface area contributed by atoms with Gasteiger partial charge >= 0.3 is 0 Å². The summed E-state index contributed by atoms with van der Waals surface area (Å²) in [4.78, 5) is 25.4. The predicted molar refractivity (Wildman–Crippen MR) is 150 cm³/mol. The first-order chi connectivity index (χ1) is 18.5. The van der Waals surface area contributed by atoms with E-state index in [2.05, 4.69) is 76.1 Å². The maximum atomic E-state index is 12.9. The van der Waals surface area contributed by atoms with Crippen LogP contribution in [0.5, 0.6) is 0 Å². The number of H-pyrrole nitrogens is 1. The summed E-state index contributed by atoms with van der Waals surface area (Å²) in [7, 11) is 0. The first-order valence-electron chi connectivity index (χ1n) is 14.0. The number of fused-ring (bicyclic) bond motifs is 2. The van der Waals surface area contributed by atoms with Gasteiger partial charge in [0.15, 0.2) is 5.65 Å². The molecular formula is C30H38N6O2. The number of aromatic amines is 1. The van der Waals surface area contributed by atoms with Crippen molar-refractivity contribution in [2.45, 2.75) is 51.9 Å². The van der Waals surface area contributed by atoms with Gasteiger partial charge in [-0.15, -0.1) is 0 Å². The molecule has 3 aromatic heterocycles. The number of aryl methyl sites for hydroxylation is 1. The largest absolute Gasteiger partial charge is 0.379 e. The summed E-state index contributed by atoms with van der Waals surface area (Å²) in [5.74, 6) is 1.14. The molecule has 2 aliphatic heterocycles. The fourth-order valence-electron chi connectivity index (χ4n) is 6.24. The van der Waals surface area contributed by atoms with Crippen molar-refractivity contribution in [2.75, 3.05) is 45.9 Å². The predicted octanol–water partition coefficient (Wildman–Crippen LogP) is 4.74. The highest BCUT2D eigenvalue weighted by molar-refractivity contribution is 5.92. The van der Waals surface area contributed by atoms with Crippen molar-refractivity contribution in [3.05, 3.63) is 53.5 Å². The highest BCUT2D eigenvalue weighted by Gasteiger charge is 2.25. The standard InChI is InChI=1S/C30H38N6O2/c1-20(2)28-25-17-23(22-6-10-35(11-7-22)27(37)8-9-34-12-14-38-15-13-34)4-5-26(25)33-29(28)24-16-21(3)30-31-19-32-36(30)18-24/h4-5,16-20,22,33H,6-15H2,1-3H3. The van der Waals surface area contributed by atoms with E-state index in [0.29, 0.717) is 24.2 Å². The van der Waals surface area contributed by atoms with Gasteiger partial charge in [-0.3, -0.25) is 9.69 Å². The molecule has 6 rings (SSSR count). The second-order valence-electron chi connectivity index (χ2n) is 11.2. The van der Waals surface area contributed by atoms with Gasteiger partial charge < -0.3 is 14.6 Å². The van der Waals surface area contributed by atoms with Crippen LogP contribution in [0.2, 0.25) is 0 Å². The number of amides is 1. The Morgan fingerprint density at radius 1 is 1.13 bits per heavy atom. The number of piperidine rings is 1. The second kappa shape index (κ2) is 10.5. The Bertz CT molecular complexity index is 1440. The van der Waals surface area contributed by atoms with Crippen LogP contribution in [0.1, 0.15) is 61.6 Å². The molecule has 0 radical (unpaired) electrons. The summed E-state index contributed by atoms with van der Waals surface area (Å²) < 4.78 is 7.28. The van der Waals surface area contributed by atoms with Crippen LogP contribution < -0.4 is 0 Å². The third kappa shape index (κ3) is 4.83. The summed E-state index contributed by atoms with van der Waals surface area (Å²) in [6.07, 6.45) is 6.32. The Hall–Kier alpha value is -3.23. The van der Waals surface area contributed by atoms with E-state index in [1.165, 1.54) is 22.0 Å². The van der Waals surface area contributed by atoms with Crippen LogP contribution >= 0.6 is 0 Å². The Morgan fingerprint density at radius 2 is 1.92 bits per heavy atom. The van der Waals surface area contributed by atoms with Gasteiger partial charge in [0.25, 0.3) is 0 Å². The summed E-state index contributed by atoms with van der Waals surface area (Å²) in [6.45, 7) is 12.6. The van der Waals surface area contributed by atoms with E-state index in [0.717, 1.165) is 81.2 Å². The first kappa shape index (κ1) is 25.1. The van der Waals surface area contributed by atoms with Crippen molar-refractivity contribution in [1.29, 1.82) is 0 Å². The average Bonchev–Trinajstić information content (AvgIpc) is 3.57. The molecule has 1 amide bonds. The number of rotatable bonds is 6. The number of hydrogen-bond acceptors (Lipinski definition) is 5. The Kier molecular flexibility index (Phi) is 6.93. The molecule has 200 valence electrons. The van der Waals surface area contributed by atoms with E-state index in [1.54, 1.807) is 6.33 Å². The van der Waals surface area contributed by atoms with Crippen LogP contribution in [-0.2, 0) is 9.53 Å². The fraction of sp³-hybridized carbons (Fsp3) is 0.500. The maximum absolute atomic E-state index is 12.9. The third-order valence-corrected chi connectivity index (χ3v) is 8.35. The maximum Gasteiger partial charge on any atom is 0.223 e. The lowest BCUT2D eigenvalue weighted by Gasteiger charge is -2.33. The molecule has 8 nitrogen and oxygen atoms in total. The minimum absolute atomic E-state index is 0.294. The number of morpholine rings is 1. The van der Waals surface area contributed by atoms with Crippen LogP contribution in [0, 0.1) is 6.92 Å². The highest BCUT2D eigenvalue weighted by atomic mass is 16.5. The summed E-state index contributed by atoms with van der Waals surface area (Å²) in [5.41, 5.74) is 8.19. The van der Waals surface area contributed by atoms with Gasteiger partial charge in [0.1, 0.15) is 6.33 Å². The Balaban J connectivity index is 1.19. The lowest BCUT2D eigenvalue weighted by atomic mass is 9.87. The van der Waals surface area contributed by atoms with Gasteiger partial charge in [0.2, 0.25) is 5.91 Å². The van der Waals surface area contributed by atoms with Crippen LogP contribution in [0.4, 0.5) is 0 Å². The van der Waals surface area contributed by atoms with E-state index >= 15 is 0 Å². The summed E-state index contributed by atoms with van der Waals surface area (Å²) in [5, 5.41) is 5.68. The number of likely N-dealkylation sites (tertiary alicyclic amines) is 1. The van der Waals surface area contributed by atoms with E-state index < -0.39 is 0 Å². The number of hydrogen-bond donors (Lipinski definition) is 1. The monoisotopic (exact) mass is 514 g/mol. The SMILES string of the molecule is Cc1cc(-c2[nH]c3ccc(C4CCN(C(=O)CCN5CCOCC5)CC4)cc3c2C(C)C)cn2ncnc12. The van der Waals surface area contributed by atoms with E-state index in [-0.39, 0.29) is 0 Å². The summed E-state index contributed by atoms with van der Waals surface area (Å²) >= 11 is 0. The van der Waals surface area contributed by atoms with E-state index in [1.807, 2.05) is 4.52 Å². The number of nitrogens with one attached hydrogen (secondary N) is 1. The van der Waals surface area contributed by atoms with Crippen LogP contribution in [0.15, 0.2) is 36.8 Å². The highest BCUT2D eigenvalue weighted by Crippen LogP contribution is 2.38. The molecule has 0 bridgehead atoms. The normalized spacial score (nSPS) is 17.7. The van der Waals surface area contributed by atoms with Crippen molar-refractivity contribution in [3.63, 3.8) is 0 Å². The Labute approximate surface area is 224 Å². The smallest absolute Gasteiger partial charge is 0.223 e.